The van der Waals surface area contributed by atoms with E-state index < -0.39 is 0 Å². The van der Waals surface area contributed by atoms with Crippen molar-refractivity contribution in [2.75, 3.05) is 20.6 Å². The maximum atomic E-state index is 8.06. The molecule has 0 fully saturated rings. The molecule has 30 heavy (non-hydrogen) atoms. The summed E-state index contributed by atoms with van der Waals surface area (Å²) in [6.07, 6.45) is 11.6. The maximum Gasteiger partial charge on any atom is 0.0927 e. The summed E-state index contributed by atoms with van der Waals surface area (Å²) in [4.78, 5) is 16.5. The van der Waals surface area contributed by atoms with Crippen molar-refractivity contribution in [3.8, 4) is 0 Å². The molecule has 0 aromatic carbocycles. The van der Waals surface area contributed by atoms with E-state index in [0.717, 1.165) is 71.7 Å². The molecule has 0 atom stereocenters. The van der Waals surface area contributed by atoms with Crippen molar-refractivity contribution in [2.45, 2.75) is 39.5 Å². The first-order valence-electron chi connectivity index (χ1n) is 10.3. The number of allylic oxidation sites excluding steroid dienone is 1. The van der Waals surface area contributed by atoms with Gasteiger partial charge in [0, 0.05) is 47.6 Å². The zero-order valence-electron chi connectivity index (χ0n) is 18.5. The fourth-order valence-corrected chi connectivity index (χ4v) is 3.27. The van der Waals surface area contributed by atoms with Crippen LogP contribution in [-0.2, 0) is 6.42 Å². The molecule has 160 valence electrons. The van der Waals surface area contributed by atoms with Gasteiger partial charge in [-0.05, 0) is 65.6 Å². The Bertz CT molecular complexity index is 921. The lowest BCUT2D eigenvalue weighted by Crippen LogP contribution is -2.07. The Hall–Kier alpha value is -3.06. The van der Waals surface area contributed by atoms with Crippen molar-refractivity contribution in [2.24, 2.45) is 4.99 Å². The molecule has 0 aliphatic carbocycles. The van der Waals surface area contributed by atoms with E-state index in [0.29, 0.717) is 5.71 Å². The van der Waals surface area contributed by atoms with Crippen LogP contribution in [-0.4, -0.2) is 48.0 Å². The monoisotopic (exact) mass is 407 g/mol. The van der Waals surface area contributed by atoms with E-state index in [2.05, 4.69) is 37.3 Å². The predicted molar refractivity (Wildman–Crippen MR) is 127 cm³/mol. The maximum absolute atomic E-state index is 8.06. The average Bonchev–Trinajstić information content (AvgIpc) is 3.17. The fourth-order valence-electron chi connectivity index (χ4n) is 3.27. The smallest absolute Gasteiger partial charge is 0.0927 e. The van der Waals surface area contributed by atoms with E-state index in [9.17, 15) is 0 Å². The third-order valence-electron chi connectivity index (χ3n) is 4.91. The molecule has 2 heterocycles. The van der Waals surface area contributed by atoms with Gasteiger partial charge in [0.25, 0.3) is 0 Å². The summed E-state index contributed by atoms with van der Waals surface area (Å²) in [5.74, 6) is 0. The summed E-state index contributed by atoms with van der Waals surface area (Å²) in [6, 6.07) is 2.01. The summed E-state index contributed by atoms with van der Waals surface area (Å²) in [7, 11) is 3.80. The number of aryl methyl sites for hydroxylation is 2. The van der Waals surface area contributed by atoms with Gasteiger partial charge in [0.15, 0.2) is 0 Å². The van der Waals surface area contributed by atoms with Crippen molar-refractivity contribution in [1.82, 2.24) is 25.6 Å². The number of nitrogens with zero attached hydrogens (tertiary/aromatic N) is 3. The first-order chi connectivity index (χ1) is 14.5. The normalized spacial score (nSPS) is 12.1. The van der Waals surface area contributed by atoms with Crippen LogP contribution in [0.5, 0.6) is 0 Å². The largest absolute Gasteiger partial charge is 0.393 e. The van der Waals surface area contributed by atoms with Crippen molar-refractivity contribution in [3.05, 3.63) is 53.0 Å². The van der Waals surface area contributed by atoms with Crippen LogP contribution < -0.4 is 10.6 Å². The minimum Gasteiger partial charge on any atom is -0.393 e. The molecule has 0 aliphatic heterocycles. The van der Waals surface area contributed by atoms with Gasteiger partial charge < -0.3 is 21.0 Å². The second-order valence-electron chi connectivity index (χ2n) is 7.19. The molecule has 2 rings (SSSR count). The minimum absolute atomic E-state index is 0.465. The number of imidazole rings is 1. The second-order valence-corrected chi connectivity index (χ2v) is 7.19. The molecule has 4 N–H and O–H groups in total. The summed E-state index contributed by atoms with van der Waals surface area (Å²) < 4.78 is 0. The van der Waals surface area contributed by atoms with Crippen LogP contribution in [0.4, 0.5) is 0 Å². The van der Waals surface area contributed by atoms with Crippen LogP contribution in [0.1, 0.15) is 54.4 Å². The third kappa shape index (κ3) is 6.22. The number of aromatic nitrogens is 3. The topological polar surface area (TPSA) is 102 Å². The first-order valence-corrected chi connectivity index (χ1v) is 10.3. The summed E-state index contributed by atoms with van der Waals surface area (Å²) in [6.45, 7) is 8.53. The number of rotatable bonds is 12. The summed E-state index contributed by atoms with van der Waals surface area (Å²) in [5, 5.41) is 14.2. The highest BCUT2D eigenvalue weighted by Crippen LogP contribution is 2.26. The van der Waals surface area contributed by atoms with E-state index in [4.69, 9.17) is 5.41 Å². The second kappa shape index (κ2) is 11.8. The van der Waals surface area contributed by atoms with Crippen molar-refractivity contribution in [3.63, 3.8) is 0 Å². The van der Waals surface area contributed by atoms with E-state index in [1.165, 1.54) is 0 Å². The number of hydrogen-bond acceptors (Lipinski definition) is 6. The van der Waals surface area contributed by atoms with Crippen molar-refractivity contribution in [1.29, 1.82) is 5.41 Å². The highest BCUT2D eigenvalue weighted by Gasteiger charge is 2.12. The van der Waals surface area contributed by atoms with Crippen LogP contribution in [0.25, 0.3) is 17.3 Å². The van der Waals surface area contributed by atoms with Crippen LogP contribution in [0.3, 0.4) is 0 Å². The summed E-state index contributed by atoms with van der Waals surface area (Å²) in [5.41, 5.74) is 6.58. The number of pyridine rings is 1. The molecule has 7 heteroatoms. The Morgan fingerprint density at radius 3 is 2.73 bits per heavy atom. The Morgan fingerprint density at radius 1 is 1.27 bits per heavy atom. The molecule has 0 saturated carbocycles. The Labute approximate surface area is 179 Å². The molecular formula is C23H33N7. The number of aliphatic imine (C=N–C) groups is 1. The van der Waals surface area contributed by atoms with Crippen LogP contribution in [0.15, 0.2) is 29.8 Å². The molecular weight excluding hydrogens is 374 g/mol. The number of aromatic amines is 1. The highest BCUT2D eigenvalue weighted by atomic mass is 14.9. The highest BCUT2D eigenvalue weighted by molar-refractivity contribution is 6.21. The molecule has 0 saturated heterocycles. The quantitative estimate of drug-likeness (QED) is 0.317. The van der Waals surface area contributed by atoms with Gasteiger partial charge >= 0.3 is 0 Å². The molecule has 7 nitrogen and oxygen atoms in total. The van der Waals surface area contributed by atoms with Gasteiger partial charge in [-0.15, -0.1) is 0 Å². The van der Waals surface area contributed by atoms with Crippen LogP contribution >= 0.6 is 0 Å². The van der Waals surface area contributed by atoms with Gasteiger partial charge in [0.1, 0.15) is 0 Å². The van der Waals surface area contributed by atoms with Crippen molar-refractivity contribution >= 4 is 29.8 Å². The molecule has 0 bridgehead atoms. The van der Waals surface area contributed by atoms with Crippen LogP contribution in [0.2, 0.25) is 0 Å². The van der Waals surface area contributed by atoms with Gasteiger partial charge in [0.2, 0.25) is 0 Å². The standard InChI is InChI=1S/C23H33N7/c1-16(24)20(14-26-4)18-11-19(17(2)28-13-18)22(27-5)12-23-21(29-15-30-23)9-7-6-8-10-25-3/h11-15,24-26H,5-10H2,1-4H3,(H,29,30)/b20-14+,22-12-,24-16?. The van der Waals surface area contributed by atoms with E-state index in [-0.39, 0.29) is 0 Å². The van der Waals surface area contributed by atoms with Gasteiger partial charge in [-0.1, -0.05) is 6.42 Å². The molecule has 2 aromatic heterocycles. The number of H-pyrrole nitrogens is 1. The first kappa shape index (κ1) is 23.2. The van der Waals surface area contributed by atoms with Crippen LogP contribution in [0, 0.1) is 12.3 Å². The lowest BCUT2D eigenvalue weighted by Gasteiger charge is -2.11. The lowest BCUT2D eigenvalue weighted by molar-refractivity contribution is 0.638. The number of unbranched alkanes of at least 4 members (excludes halogenated alkanes) is 2. The number of nitrogens with one attached hydrogen (secondary N) is 4. The van der Waals surface area contributed by atoms with E-state index in [1.54, 1.807) is 19.4 Å². The van der Waals surface area contributed by atoms with Crippen molar-refractivity contribution < 1.29 is 0 Å². The molecule has 0 spiro atoms. The molecule has 0 aliphatic rings. The Balaban J connectivity index is 2.32. The van der Waals surface area contributed by atoms with Gasteiger partial charge in [0.05, 0.1) is 23.4 Å². The summed E-state index contributed by atoms with van der Waals surface area (Å²) >= 11 is 0. The third-order valence-corrected chi connectivity index (χ3v) is 4.91. The van der Waals surface area contributed by atoms with Gasteiger partial charge in [-0.2, -0.15) is 0 Å². The molecule has 2 aromatic rings. The molecule has 0 amide bonds. The Kier molecular flexibility index (Phi) is 9.15. The zero-order chi connectivity index (χ0) is 21.9. The van der Waals surface area contributed by atoms with E-state index >= 15 is 0 Å². The average molecular weight is 408 g/mol. The SMILES string of the molecule is C=N/C(=C\c1[nH]cnc1CCCCCNC)c1cc(/C(=C/NC)C(C)=N)cnc1C. The molecule has 0 unspecified atom stereocenters. The minimum atomic E-state index is 0.465. The fraction of sp³-hybridized carbons (Fsp3) is 0.391. The van der Waals surface area contributed by atoms with Gasteiger partial charge in [-0.25, -0.2) is 4.98 Å². The van der Waals surface area contributed by atoms with Gasteiger partial charge in [-0.3, -0.25) is 9.98 Å². The molecule has 0 radical (unpaired) electrons. The lowest BCUT2D eigenvalue weighted by atomic mass is 10.00. The van der Waals surface area contributed by atoms with E-state index in [1.807, 2.05) is 39.4 Å². The number of hydrogen-bond donors (Lipinski definition) is 4. The predicted octanol–water partition coefficient (Wildman–Crippen LogP) is 3.84. The zero-order valence-corrected chi connectivity index (χ0v) is 18.5. The Morgan fingerprint density at radius 2 is 2.07 bits per heavy atom.